The highest BCUT2D eigenvalue weighted by molar-refractivity contribution is 5.50. The third-order valence-corrected chi connectivity index (χ3v) is 2.23. The van der Waals surface area contributed by atoms with E-state index in [1.807, 2.05) is 25.1 Å². The van der Waals surface area contributed by atoms with E-state index >= 15 is 0 Å². The summed E-state index contributed by atoms with van der Waals surface area (Å²) < 4.78 is 1.66. The van der Waals surface area contributed by atoms with Crippen molar-refractivity contribution in [3.8, 4) is 0 Å². The maximum absolute atomic E-state index is 8.97. The number of aliphatic hydroxyl groups excluding tert-OH is 1. The van der Waals surface area contributed by atoms with Crippen molar-refractivity contribution in [3.63, 3.8) is 0 Å². The third kappa shape index (κ3) is 1.26. The van der Waals surface area contributed by atoms with Crippen molar-refractivity contribution in [3.05, 3.63) is 29.6 Å². The van der Waals surface area contributed by atoms with E-state index in [1.54, 1.807) is 4.52 Å². The minimum atomic E-state index is -0.417. The Bertz CT molecular complexity index is 451. The van der Waals surface area contributed by atoms with Gasteiger partial charge in [0.1, 0.15) is 0 Å². The second-order valence-electron chi connectivity index (χ2n) is 3.21. The summed E-state index contributed by atoms with van der Waals surface area (Å²) in [5, 5.41) is 16.9. The summed E-state index contributed by atoms with van der Waals surface area (Å²) in [6.45, 7) is 1.79. The molecule has 1 unspecified atom stereocenters. The maximum atomic E-state index is 8.97. The number of nitrogens with two attached hydrogens (primary N) is 1. The monoisotopic (exact) mass is 192 g/mol. The van der Waals surface area contributed by atoms with Crippen LogP contribution in [-0.4, -0.2) is 26.5 Å². The van der Waals surface area contributed by atoms with Crippen molar-refractivity contribution in [2.24, 2.45) is 5.73 Å². The summed E-state index contributed by atoms with van der Waals surface area (Å²) in [6.07, 6.45) is 0. The topological polar surface area (TPSA) is 76.4 Å². The van der Waals surface area contributed by atoms with Gasteiger partial charge in [-0.1, -0.05) is 11.3 Å². The molecule has 5 heteroatoms. The van der Waals surface area contributed by atoms with Gasteiger partial charge in [-0.25, -0.2) is 4.52 Å². The molecular formula is C9H12N4O. The number of rotatable bonds is 2. The van der Waals surface area contributed by atoms with Gasteiger partial charge < -0.3 is 10.8 Å². The van der Waals surface area contributed by atoms with Crippen LogP contribution in [0.2, 0.25) is 0 Å². The summed E-state index contributed by atoms with van der Waals surface area (Å²) in [6, 6.07) is 5.22. The largest absolute Gasteiger partial charge is 0.394 e. The Morgan fingerprint density at radius 1 is 1.57 bits per heavy atom. The molecule has 0 fully saturated rings. The zero-order valence-corrected chi connectivity index (χ0v) is 7.88. The number of aromatic nitrogens is 3. The van der Waals surface area contributed by atoms with Crippen LogP contribution in [0, 0.1) is 6.92 Å². The summed E-state index contributed by atoms with van der Waals surface area (Å²) in [4.78, 5) is 0. The molecular weight excluding hydrogens is 180 g/mol. The molecule has 14 heavy (non-hydrogen) atoms. The van der Waals surface area contributed by atoms with Crippen LogP contribution in [-0.2, 0) is 0 Å². The van der Waals surface area contributed by atoms with Gasteiger partial charge in [-0.2, -0.15) is 0 Å². The van der Waals surface area contributed by atoms with Crippen molar-refractivity contribution >= 4 is 5.52 Å². The predicted octanol–water partition coefficient (Wildman–Crippen LogP) is 0.0298. The molecule has 1 atom stereocenters. The van der Waals surface area contributed by atoms with Gasteiger partial charge in [0, 0.05) is 0 Å². The van der Waals surface area contributed by atoms with Crippen LogP contribution >= 0.6 is 0 Å². The molecule has 5 nitrogen and oxygen atoms in total. The number of fused-ring (bicyclic) bond motifs is 1. The van der Waals surface area contributed by atoms with Crippen LogP contribution in [0.15, 0.2) is 18.2 Å². The van der Waals surface area contributed by atoms with Crippen LogP contribution in [0.3, 0.4) is 0 Å². The van der Waals surface area contributed by atoms with Gasteiger partial charge in [-0.05, 0) is 19.1 Å². The van der Waals surface area contributed by atoms with E-state index in [4.69, 9.17) is 10.8 Å². The van der Waals surface area contributed by atoms with Crippen molar-refractivity contribution in [1.82, 2.24) is 14.8 Å². The molecule has 0 radical (unpaired) electrons. The minimum absolute atomic E-state index is 0.0992. The standard InChI is InChI=1S/C9H12N4O/c1-6-8-3-2-4-9(7(10)5-14)13(8)12-11-6/h2-4,7,14H,5,10H2,1H3. The van der Waals surface area contributed by atoms with Crippen molar-refractivity contribution < 1.29 is 5.11 Å². The van der Waals surface area contributed by atoms with Gasteiger partial charge in [0.15, 0.2) is 0 Å². The highest BCUT2D eigenvalue weighted by Gasteiger charge is 2.10. The molecule has 0 aliphatic rings. The molecule has 3 N–H and O–H groups in total. The van der Waals surface area contributed by atoms with Crippen LogP contribution in [0.4, 0.5) is 0 Å². The summed E-state index contributed by atoms with van der Waals surface area (Å²) in [5.74, 6) is 0. The molecule has 0 bridgehead atoms. The summed E-state index contributed by atoms with van der Waals surface area (Å²) >= 11 is 0. The number of aliphatic hydroxyl groups is 1. The van der Waals surface area contributed by atoms with E-state index in [1.165, 1.54) is 0 Å². The number of nitrogens with zero attached hydrogens (tertiary/aromatic N) is 3. The highest BCUT2D eigenvalue weighted by atomic mass is 16.3. The van der Waals surface area contributed by atoms with E-state index in [2.05, 4.69) is 10.3 Å². The first-order valence-electron chi connectivity index (χ1n) is 4.41. The van der Waals surface area contributed by atoms with Gasteiger partial charge in [0.2, 0.25) is 0 Å². The molecule has 0 saturated heterocycles. The normalized spacial score (nSPS) is 13.4. The second-order valence-corrected chi connectivity index (χ2v) is 3.21. The van der Waals surface area contributed by atoms with E-state index in [9.17, 15) is 0 Å². The number of aryl methyl sites for hydroxylation is 1. The van der Waals surface area contributed by atoms with Crippen LogP contribution in [0.25, 0.3) is 5.52 Å². The predicted molar refractivity (Wildman–Crippen MR) is 51.7 cm³/mol. The molecule has 0 aliphatic carbocycles. The van der Waals surface area contributed by atoms with Gasteiger partial charge in [-0.15, -0.1) is 5.10 Å². The Hall–Kier alpha value is -1.46. The lowest BCUT2D eigenvalue weighted by Crippen LogP contribution is -2.18. The van der Waals surface area contributed by atoms with Crippen LogP contribution < -0.4 is 5.73 Å². The fourth-order valence-electron chi connectivity index (χ4n) is 1.43. The Morgan fingerprint density at radius 2 is 2.36 bits per heavy atom. The molecule has 0 aliphatic heterocycles. The number of hydrogen-bond acceptors (Lipinski definition) is 4. The summed E-state index contributed by atoms with van der Waals surface area (Å²) in [5.41, 5.74) is 8.28. The lowest BCUT2D eigenvalue weighted by Gasteiger charge is -2.09. The maximum Gasteiger partial charge on any atom is 0.0898 e. The van der Waals surface area contributed by atoms with Gasteiger partial charge in [0.05, 0.1) is 29.6 Å². The molecule has 0 saturated carbocycles. The van der Waals surface area contributed by atoms with E-state index in [0.717, 1.165) is 16.9 Å². The van der Waals surface area contributed by atoms with Gasteiger partial charge >= 0.3 is 0 Å². The first kappa shape index (κ1) is 9.11. The Labute approximate surface area is 81.2 Å². The lowest BCUT2D eigenvalue weighted by atomic mass is 10.2. The molecule has 74 valence electrons. The fraction of sp³-hybridized carbons (Fsp3) is 0.333. The smallest absolute Gasteiger partial charge is 0.0898 e. The molecule has 2 rings (SSSR count). The molecule has 2 heterocycles. The van der Waals surface area contributed by atoms with Crippen molar-refractivity contribution in [2.45, 2.75) is 13.0 Å². The van der Waals surface area contributed by atoms with Gasteiger partial charge in [-0.3, -0.25) is 0 Å². The first-order chi connectivity index (χ1) is 6.74. The molecule has 0 aromatic carbocycles. The number of pyridine rings is 1. The summed E-state index contributed by atoms with van der Waals surface area (Å²) in [7, 11) is 0. The van der Waals surface area contributed by atoms with Crippen LogP contribution in [0.1, 0.15) is 17.4 Å². The zero-order chi connectivity index (χ0) is 10.1. The first-order valence-corrected chi connectivity index (χ1v) is 4.41. The Kier molecular flexibility index (Phi) is 2.18. The zero-order valence-electron chi connectivity index (χ0n) is 7.88. The molecule has 2 aromatic heterocycles. The van der Waals surface area contributed by atoms with E-state index in [-0.39, 0.29) is 6.61 Å². The quantitative estimate of drug-likeness (QED) is 0.703. The van der Waals surface area contributed by atoms with E-state index in [0.29, 0.717) is 0 Å². The fourth-order valence-corrected chi connectivity index (χ4v) is 1.43. The molecule has 0 amide bonds. The van der Waals surface area contributed by atoms with Gasteiger partial charge in [0.25, 0.3) is 0 Å². The number of hydrogen-bond donors (Lipinski definition) is 2. The molecule has 2 aromatic rings. The molecule has 0 spiro atoms. The average molecular weight is 192 g/mol. The van der Waals surface area contributed by atoms with E-state index < -0.39 is 6.04 Å². The Balaban J connectivity index is 2.65. The lowest BCUT2D eigenvalue weighted by molar-refractivity contribution is 0.264. The second kappa shape index (κ2) is 3.36. The Morgan fingerprint density at radius 3 is 3.07 bits per heavy atom. The minimum Gasteiger partial charge on any atom is -0.394 e. The SMILES string of the molecule is Cc1nnn2c(C(N)CO)cccc12. The van der Waals surface area contributed by atoms with Crippen LogP contribution in [0.5, 0.6) is 0 Å². The average Bonchev–Trinajstić information content (AvgIpc) is 2.59. The van der Waals surface area contributed by atoms with Crippen molar-refractivity contribution in [1.29, 1.82) is 0 Å². The third-order valence-electron chi connectivity index (χ3n) is 2.23. The highest BCUT2D eigenvalue weighted by Crippen LogP contribution is 2.13. The van der Waals surface area contributed by atoms with Crippen molar-refractivity contribution in [2.75, 3.05) is 6.61 Å².